The van der Waals surface area contributed by atoms with E-state index in [1.54, 1.807) is 25.1 Å². The zero-order chi connectivity index (χ0) is 45.5. The first kappa shape index (κ1) is 47.6. The van der Waals surface area contributed by atoms with Crippen LogP contribution < -0.4 is 15.4 Å². The number of carbonyl (C=O) groups excluding carboxylic acids is 4. The maximum Gasteiger partial charge on any atom is 0.407 e. The normalized spacial score (nSPS) is 14.5. The van der Waals surface area contributed by atoms with Crippen LogP contribution in [-0.4, -0.2) is 73.5 Å². The summed E-state index contributed by atoms with van der Waals surface area (Å²) in [6.07, 6.45) is 3.62. The van der Waals surface area contributed by atoms with Gasteiger partial charge in [0.1, 0.15) is 24.5 Å². The van der Waals surface area contributed by atoms with Crippen LogP contribution in [0.3, 0.4) is 0 Å². The third kappa shape index (κ3) is 13.8. The molecule has 4 aromatic carbocycles. The highest BCUT2D eigenvalue weighted by Gasteiger charge is 2.33. The summed E-state index contributed by atoms with van der Waals surface area (Å²) < 4.78 is 22.7. The van der Waals surface area contributed by atoms with Crippen molar-refractivity contribution in [3.8, 4) is 16.9 Å². The van der Waals surface area contributed by atoms with E-state index in [1.807, 2.05) is 112 Å². The predicted octanol–water partition coefficient (Wildman–Crippen LogP) is 8.80. The lowest BCUT2D eigenvalue weighted by atomic mass is 9.98. The third-order valence-electron chi connectivity index (χ3n) is 10.7. The molecule has 0 spiro atoms. The standard InChI is InChI=1S/C50H55ClN2O10/c1-31(2)26-45(49(58)62-43(20-13-21-46(54)55)32(3)22-23-34-14-7-6-8-15-34)63-48(57)33(4)29-52-47(56)42(28-35-24-25-44(60-5)41(51)27-35)53-50(59)61-30-40-38-18-11-9-16-36(38)37-17-10-12-19-39(37)40/h6-19,21-25,27,31-33,40,42-43,45H,20,26,28-30H2,1-5H3,(H,52,56)(H,53,59)(H,54,55)/b21-13+,23-22+/t32-,33-,42-,43+,45+/m1/s1. The van der Waals surface area contributed by atoms with Gasteiger partial charge in [-0.3, -0.25) is 9.59 Å². The van der Waals surface area contributed by atoms with E-state index in [0.717, 1.165) is 33.9 Å². The number of fused-ring (bicyclic) bond motifs is 3. The number of esters is 2. The summed E-state index contributed by atoms with van der Waals surface area (Å²) in [4.78, 5) is 65.6. The molecule has 0 fully saturated rings. The number of methoxy groups -OCH3 is 1. The van der Waals surface area contributed by atoms with Crippen LogP contribution in [0.15, 0.2) is 115 Å². The van der Waals surface area contributed by atoms with Crippen molar-refractivity contribution in [2.75, 3.05) is 20.3 Å². The van der Waals surface area contributed by atoms with Crippen LogP contribution in [0.4, 0.5) is 4.79 Å². The molecule has 0 heterocycles. The topological polar surface area (TPSA) is 167 Å². The van der Waals surface area contributed by atoms with Crippen LogP contribution >= 0.6 is 11.6 Å². The number of aliphatic carboxylic acids is 1. The predicted molar refractivity (Wildman–Crippen MR) is 241 cm³/mol. The molecule has 0 saturated heterocycles. The van der Waals surface area contributed by atoms with Crippen LogP contribution in [0, 0.1) is 17.8 Å². The maximum absolute atomic E-state index is 13.8. The van der Waals surface area contributed by atoms with E-state index in [-0.39, 0.29) is 50.2 Å². The van der Waals surface area contributed by atoms with Gasteiger partial charge in [-0.1, -0.05) is 142 Å². The van der Waals surface area contributed by atoms with Gasteiger partial charge in [0.2, 0.25) is 5.91 Å². The Bertz CT molecular complexity index is 2230. The molecule has 0 aromatic heterocycles. The fourth-order valence-electron chi connectivity index (χ4n) is 7.25. The molecule has 0 radical (unpaired) electrons. The highest BCUT2D eigenvalue weighted by Crippen LogP contribution is 2.44. The Morgan fingerprint density at radius 2 is 1.48 bits per heavy atom. The number of rotatable bonds is 21. The van der Waals surface area contributed by atoms with Crippen molar-refractivity contribution >= 4 is 47.6 Å². The molecule has 0 bridgehead atoms. The molecule has 13 heteroatoms. The van der Waals surface area contributed by atoms with Gasteiger partial charge in [0.25, 0.3) is 0 Å². The zero-order valence-corrected chi connectivity index (χ0v) is 36.9. The van der Waals surface area contributed by atoms with Crippen molar-refractivity contribution in [2.45, 2.75) is 71.1 Å². The van der Waals surface area contributed by atoms with Crippen LogP contribution in [0.1, 0.15) is 68.7 Å². The second-order valence-corrected chi connectivity index (χ2v) is 16.4. The maximum atomic E-state index is 13.8. The minimum absolute atomic E-state index is 0.0304. The molecule has 1 aliphatic carbocycles. The first-order chi connectivity index (χ1) is 30.2. The average Bonchev–Trinajstić information content (AvgIpc) is 3.59. The molecule has 12 nitrogen and oxygen atoms in total. The lowest BCUT2D eigenvalue weighted by molar-refractivity contribution is -0.175. The second-order valence-electron chi connectivity index (χ2n) is 16.0. The molecule has 2 amide bonds. The number of benzene rings is 4. The number of hydrogen-bond donors (Lipinski definition) is 3. The Labute approximate surface area is 373 Å². The number of carboxylic acid groups (broad SMARTS) is 1. The second kappa shape index (κ2) is 23.2. The van der Waals surface area contributed by atoms with Crippen LogP contribution in [0.25, 0.3) is 17.2 Å². The number of ether oxygens (including phenoxy) is 4. The van der Waals surface area contributed by atoms with E-state index in [1.165, 1.54) is 13.2 Å². The van der Waals surface area contributed by atoms with Crippen molar-refractivity contribution in [3.05, 3.63) is 143 Å². The van der Waals surface area contributed by atoms with E-state index >= 15 is 0 Å². The summed E-state index contributed by atoms with van der Waals surface area (Å²) >= 11 is 6.40. The highest BCUT2D eigenvalue weighted by molar-refractivity contribution is 6.32. The van der Waals surface area contributed by atoms with Gasteiger partial charge in [-0.05, 0) is 57.9 Å². The van der Waals surface area contributed by atoms with Gasteiger partial charge in [0, 0.05) is 37.3 Å². The van der Waals surface area contributed by atoms with E-state index in [9.17, 15) is 24.0 Å². The summed E-state index contributed by atoms with van der Waals surface area (Å²) in [7, 11) is 1.49. The lowest BCUT2D eigenvalue weighted by Crippen LogP contribution is -2.49. The highest BCUT2D eigenvalue weighted by atomic mass is 35.5. The molecule has 332 valence electrons. The summed E-state index contributed by atoms with van der Waals surface area (Å²) in [6.45, 7) is 6.99. The Kier molecular flexibility index (Phi) is 17.5. The SMILES string of the molecule is COc1ccc(C[C@@H](NC(=O)OCC2c3ccccc3-c3ccccc32)C(=O)NC[C@@H](C)C(=O)O[C@@H](CC(C)C)C(=O)O[C@@H](C/C=C/C(=O)O)[C@H](C)/C=C/c2ccccc2)cc1Cl. The van der Waals surface area contributed by atoms with E-state index < -0.39 is 54.1 Å². The largest absolute Gasteiger partial charge is 0.495 e. The van der Waals surface area contributed by atoms with Gasteiger partial charge >= 0.3 is 24.0 Å². The van der Waals surface area contributed by atoms with Crippen LogP contribution in [-0.2, 0) is 39.8 Å². The molecule has 0 aliphatic heterocycles. The van der Waals surface area contributed by atoms with E-state index in [4.69, 9.17) is 35.7 Å². The molecule has 1 aliphatic rings. The first-order valence-electron chi connectivity index (χ1n) is 21.0. The molecule has 0 unspecified atom stereocenters. The molecular weight excluding hydrogens is 824 g/mol. The quantitative estimate of drug-likeness (QED) is 0.0418. The minimum atomic E-state index is -1.27. The Hall–Kier alpha value is -6.40. The Balaban J connectivity index is 1.24. The number of carbonyl (C=O) groups is 5. The lowest BCUT2D eigenvalue weighted by Gasteiger charge is -2.26. The summed E-state index contributed by atoms with van der Waals surface area (Å²) in [5.41, 5.74) is 5.80. The number of hydrogen-bond acceptors (Lipinski definition) is 9. The van der Waals surface area contributed by atoms with Crippen molar-refractivity contribution in [3.63, 3.8) is 0 Å². The van der Waals surface area contributed by atoms with Crippen LogP contribution in [0.5, 0.6) is 5.75 Å². The Morgan fingerprint density at radius 1 is 0.825 bits per heavy atom. The summed E-state index contributed by atoms with van der Waals surface area (Å²) in [5, 5.41) is 14.9. The van der Waals surface area contributed by atoms with E-state index in [2.05, 4.69) is 10.6 Å². The van der Waals surface area contributed by atoms with Gasteiger partial charge in [-0.25, -0.2) is 14.4 Å². The fourth-order valence-corrected chi connectivity index (χ4v) is 7.53. The number of alkyl carbamates (subject to hydrolysis) is 1. The van der Waals surface area contributed by atoms with Gasteiger partial charge < -0.3 is 34.7 Å². The van der Waals surface area contributed by atoms with Crippen molar-refractivity contribution in [1.82, 2.24) is 10.6 Å². The summed E-state index contributed by atoms with van der Waals surface area (Å²) in [5.74, 6) is -4.32. The monoisotopic (exact) mass is 878 g/mol. The van der Waals surface area contributed by atoms with Crippen molar-refractivity contribution in [2.24, 2.45) is 17.8 Å². The van der Waals surface area contributed by atoms with Gasteiger partial charge in [-0.15, -0.1) is 0 Å². The number of nitrogens with one attached hydrogen (secondary N) is 2. The van der Waals surface area contributed by atoms with Crippen molar-refractivity contribution in [1.29, 1.82) is 0 Å². The third-order valence-corrected chi connectivity index (χ3v) is 11.0. The number of carboxylic acids is 1. The molecule has 4 aromatic rings. The molecule has 5 atom stereocenters. The zero-order valence-electron chi connectivity index (χ0n) is 36.1. The van der Waals surface area contributed by atoms with Gasteiger partial charge in [-0.2, -0.15) is 0 Å². The minimum Gasteiger partial charge on any atom is -0.495 e. The van der Waals surface area contributed by atoms with Crippen LogP contribution in [0.2, 0.25) is 5.02 Å². The summed E-state index contributed by atoms with van der Waals surface area (Å²) in [6, 6.07) is 29.4. The van der Waals surface area contributed by atoms with Gasteiger partial charge in [0.15, 0.2) is 6.10 Å². The number of halogens is 1. The smallest absolute Gasteiger partial charge is 0.407 e. The van der Waals surface area contributed by atoms with Crippen molar-refractivity contribution < 1.29 is 48.0 Å². The van der Waals surface area contributed by atoms with Gasteiger partial charge in [0.05, 0.1) is 18.1 Å². The van der Waals surface area contributed by atoms with E-state index in [0.29, 0.717) is 16.3 Å². The Morgan fingerprint density at radius 3 is 2.10 bits per heavy atom. The first-order valence-corrected chi connectivity index (χ1v) is 21.4. The molecule has 63 heavy (non-hydrogen) atoms. The molecular formula is C50H55ClN2O10. The molecule has 5 rings (SSSR count). The fraction of sp³-hybridized carbons (Fsp3) is 0.340. The average molecular weight is 879 g/mol. The molecule has 0 saturated carbocycles. The number of amides is 2. The molecule has 3 N–H and O–H groups in total.